The Bertz CT molecular complexity index is 1470. The van der Waals surface area contributed by atoms with Crippen LogP contribution in [0.15, 0.2) is 85.1 Å². The maximum absolute atomic E-state index is 12.9. The molecule has 1 unspecified atom stereocenters. The van der Waals surface area contributed by atoms with E-state index in [0.717, 1.165) is 116 Å². The van der Waals surface area contributed by atoms with Crippen molar-refractivity contribution >= 4 is 17.9 Å². The van der Waals surface area contributed by atoms with Gasteiger partial charge in [0.2, 0.25) is 0 Å². The normalized spacial score (nSPS) is 12.6. The summed E-state index contributed by atoms with van der Waals surface area (Å²) in [5, 5.41) is 0. The van der Waals surface area contributed by atoms with Gasteiger partial charge in [-0.3, -0.25) is 14.4 Å². The van der Waals surface area contributed by atoms with Crippen molar-refractivity contribution < 1.29 is 28.6 Å². The van der Waals surface area contributed by atoms with Gasteiger partial charge >= 0.3 is 17.9 Å². The first-order valence-corrected chi connectivity index (χ1v) is 33.1. The van der Waals surface area contributed by atoms with Crippen LogP contribution in [0, 0.1) is 0 Å². The van der Waals surface area contributed by atoms with Crippen LogP contribution in [0.2, 0.25) is 0 Å². The molecule has 6 heteroatoms. The Balaban J connectivity index is 4.41. The summed E-state index contributed by atoms with van der Waals surface area (Å²) in [6.45, 7) is 6.53. The van der Waals surface area contributed by atoms with Gasteiger partial charge in [-0.15, -0.1) is 0 Å². The van der Waals surface area contributed by atoms with E-state index in [1.165, 1.54) is 173 Å². The molecule has 0 aromatic carbocycles. The van der Waals surface area contributed by atoms with Gasteiger partial charge in [0.1, 0.15) is 13.2 Å². The number of hydrogen-bond donors (Lipinski definition) is 0. The van der Waals surface area contributed by atoms with E-state index < -0.39 is 6.10 Å². The summed E-state index contributed by atoms with van der Waals surface area (Å²) in [5.41, 5.74) is 0. The van der Waals surface area contributed by atoms with Gasteiger partial charge in [0, 0.05) is 19.3 Å². The average Bonchev–Trinajstić information content (AvgIpc) is 3.43. The van der Waals surface area contributed by atoms with Crippen LogP contribution in [0.1, 0.15) is 329 Å². The molecule has 0 aliphatic carbocycles. The van der Waals surface area contributed by atoms with Crippen molar-refractivity contribution in [1.29, 1.82) is 0 Å². The molecule has 444 valence electrons. The lowest BCUT2D eigenvalue weighted by molar-refractivity contribution is -0.167. The summed E-state index contributed by atoms with van der Waals surface area (Å²) in [7, 11) is 0. The van der Waals surface area contributed by atoms with Crippen LogP contribution in [-0.4, -0.2) is 37.2 Å². The molecule has 0 aromatic rings. The van der Waals surface area contributed by atoms with Gasteiger partial charge in [0.15, 0.2) is 6.10 Å². The number of ether oxygens (including phenoxy) is 3. The first kappa shape index (κ1) is 73.6. The summed E-state index contributed by atoms with van der Waals surface area (Å²) in [5.74, 6) is -0.889. The number of carbonyl (C=O) groups is 3. The van der Waals surface area contributed by atoms with Crippen LogP contribution in [-0.2, 0) is 28.6 Å². The maximum atomic E-state index is 12.9. The van der Waals surface area contributed by atoms with Crippen molar-refractivity contribution in [3.63, 3.8) is 0 Å². The largest absolute Gasteiger partial charge is 0.462 e. The SMILES string of the molecule is CC/C=C\C/C=C\C/C=C\C/C=C\C/C=C\CCCCCCCC(=O)OCC(COC(=O)CCCCCCCCCCCCCCCCCCCCC)OC(=O)CCCCCCCCCCC/C=C\C/C=C\CCCCC. The molecule has 77 heavy (non-hydrogen) atoms. The molecule has 1 atom stereocenters. The zero-order valence-corrected chi connectivity index (χ0v) is 51.0. The van der Waals surface area contributed by atoms with Gasteiger partial charge in [0.05, 0.1) is 0 Å². The van der Waals surface area contributed by atoms with E-state index in [1.54, 1.807) is 0 Å². The van der Waals surface area contributed by atoms with Crippen molar-refractivity contribution in [3.8, 4) is 0 Å². The Morgan fingerprint density at radius 1 is 0.273 bits per heavy atom. The molecule has 0 spiro atoms. The topological polar surface area (TPSA) is 78.9 Å². The third-order valence-corrected chi connectivity index (χ3v) is 14.4. The second-order valence-electron chi connectivity index (χ2n) is 22.0. The fraction of sp³-hybridized carbons (Fsp3) is 0.761. The first-order chi connectivity index (χ1) is 38.0. The zero-order chi connectivity index (χ0) is 55.7. The van der Waals surface area contributed by atoms with Crippen molar-refractivity contribution in [3.05, 3.63) is 85.1 Å². The lowest BCUT2D eigenvalue weighted by Crippen LogP contribution is -2.30. The summed E-state index contributed by atoms with van der Waals surface area (Å²) in [6, 6.07) is 0. The third-order valence-electron chi connectivity index (χ3n) is 14.4. The zero-order valence-electron chi connectivity index (χ0n) is 51.0. The number of allylic oxidation sites excluding steroid dienone is 14. The number of carbonyl (C=O) groups excluding carboxylic acids is 3. The number of esters is 3. The molecule has 6 nitrogen and oxygen atoms in total. The Morgan fingerprint density at radius 3 is 0.818 bits per heavy atom. The molecule has 0 N–H and O–H groups in total. The molecule has 0 amide bonds. The Kier molecular flexibility index (Phi) is 62.2. The van der Waals surface area contributed by atoms with Gasteiger partial charge in [-0.05, 0) is 96.3 Å². The smallest absolute Gasteiger partial charge is 0.306 e. The lowest BCUT2D eigenvalue weighted by atomic mass is 10.0. The third kappa shape index (κ3) is 63.3. The summed E-state index contributed by atoms with van der Waals surface area (Å²) in [6.07, 6.45) is 85.8. The monoisotopic (exact) mass is 1070 g/mol. The Morgan fingerprint density at radius 2 is 0.506 bits per heavy atom. The lowest BCUT2D eigenvalue weighted by Gasteiger charge is -2.18. The standard InChI is InChI=1S/C71H124O6/c1-4-7-10-13-16-19-22-25-28-31-34-35-38-40-43-46-49-52-55-58-61-64-70(73)76-67-68(77-71(74)65-62-59-56-53-50-47-44-41-37-33-30-27-24-21-18-15-12-9-6-3)66-75-69(72)63-60-57-54-51-48-45-42-39-36-32-29-26-23-20-17-14-11-8-5-2/h7,10,16,18-19,21,25,27-28,30,34-35,40,43,68H,4-6,8-9,11-15,17,20,22-24,26,29,31-33,36-39,41-42,44-67H2,1-3H3/b10-7-,19-16-,21-18-,28-25-,30-27-,35-34-,43-40-. The van der Waals surface area contributed by atoms with E-state index in [1.807, 2.05) is 0 Å². The second kappa shape index (κ2) is 65.1. The molecule has 0 aliphatic rings. The predicted octanol–water partition coefficient (Wildman–Crippen LogP) is 22.7. The molecular formula is C71H124O6. The predicted molar refractivity (Wildman–Crippen MR) is 334 cm³/mol. The van der Waals surface area contributed by atoms with Crippen molar-refractivity contribution in [2.24, 2.45) is 0 Å². The maximum Gasteiger partial charge on any atom is 0.306 e. The summed E-state index contributed by atoms with van der Waals surface area (Å²) >= 11 is 0. The van der Waals surface area contributed by atoms with E-state index in [2.05, 4.69) is 106 Å². The minimum absolute atomic E-state index is 0.0817. The van der Waals surface area contributed by atoms with Crippen molar-refractivity contribution in [2.45, 2.75) is 335 Å². The van der Waals surface area contributed by atoms with Crippen LogP contribution < -0.4 is 0 Å². The number of rotatable bonds is 60. The molecule has 0 aliphatic heterocycles. The average molecular weight is 1070 g/mol. The van der Waals surface area contributed by atoms with E-state index in [0.29, 0.717) is 19.3 Å². The van der Waals surface area contributed by atoms with E-state index in [-0.39, 0.29) is 31.1 Å². The van der Waals surface area contributed by atoms with Gasteiger partial charge in [-0.2, -0.15) is 0 Å². The van der Waals surface area contributed by atoms with E-state index >= 15 is 0 Å². The summed E-state index contributed by atoms with van der Waals surface area (Å²) in [4.78, 5) is 38.4. The van der Waals surface area contributed by atoms with E-state index in [4.69, 9.17) is 14.2 Å². The van der Waals surface area contributed by atoms with Crippen LogP contribution in [0.25, 0.3) is 0 Å². The van der Waals surface area contributed by atoms with Gasteiger partial charge < -0.3 is 14.2 Å². The molecule has 0 saturated carbocycles. The van der Waals surface area contributed by atoms with E-state index in [9.17, 15) is 14.4 Å². The molecule has 0 rings (SSSR count). The fourth-order valence-electron chi connectivity index (χ4n) is 9.44. The minimum atomic E-state index is -0.788. The van der Waals surface area contributed by atoms with Gasteiger partial charge in [0.25, 0.3) is 0 Å². The summed E-state index contributed by atoms with van der Waals surface area (Å²) < 4.78 is 17.0. The van der Waals surface area contributed by atoms with Crippen LogP contribution in [0.4, 0.5) is 0 Å². The Hall–Kier alpha value is -3.41. The van der Waals surface area contributed by atoms with Crippen LogP contribution >= 0.6 is 0 Å². The molecule has 0 radical (unpaired) electrons. The molecular weight excluding hydrogens is 949 g/mol. The Labute approximate surface area is 477 Å². The molecule has 0 saturated heterocycles. The number of unbranched alkanes of at least 4 members (excludes halogenated alkanes) is 35. The highest BCUT2D eigenvalue weighted by Gasteiger charge is 2.19. The fourth-order valence-corrected chi connectivity index (χ4v) is 9.44. The van der Waals surface area contributed by atoms with Crippen LogP contribution in [0.3, 0.4) is 0 Å². The first-order valence-electron chi connectivity index (χ1n) is 33.1. The molecule has 0 bridgehead atoms. The van der Waals surface area contributed by atoms with Crippen LogP contribution in [0.5, 0.6) is 0 Å². The molecule has 0 aromatic heterocycles. The number of hydrogen-bond acceptors (Lipinski definition) is 6. The highest BCUT2D eigenvalue weighted by Crippen LogP contribution is 2.17. The highest BCUT2D eigenvalue weighted by atomic mass is 16.6. The highest BCUT2D eigenvalue weighted by molar-refractivity contribution is 5.71. The molecule has 0 heterocycles. The van der Waals surface area contributed by atoms with Crippen molar-refractivity contribution in [2.75, 3.05) is 13.2 Å². The second-order valence-corrected chi connectivity index (χ2v) is 22.0. The van der Waals surface area contributed by atoms with Gasteiger partial charge in [-0.25, -0.2) is 0 Å². The van der Waals surface area contributed by atoms with Gasteiger partial charge in [-0.1, -0.05) is 298 Å². The molecule has 0 fully saturated rings. The van der Waals surface area contributed by atoms with Crippen molar-refractivity contribution in [1.82, 2.24) is 0 Å². The quantitative estimate of drug-likeness (QED) is 0.0261. The minimum Gasteiger partial charge on any atom is -0.462 e.